The zero-order chi connectivity index (χ0) is 15.2. The Kier molecular flexibility index (Phi) is 5.83. The van der Waals surface area contributed by atoms with Crippen LogP contribution in [0.15, 0.2) is 30.3 Å². The van der Waals surface area contributed by atoms with E-state index in [-0.39, 0.29) is 0 Å². The maximum atomic E-state index is 6.54. The van der Waals surface area contributed by atoms with Crippen molar-refractivity contribution in [3.05, 3.63) is 52.3 Å². The van der Waals surface area contributed by atoms with Crippen LogP contribution in [0, 0.1) is 0 Å². The van der Waals surface area contributed by atoms with Gasteiger partial charge in [-0.25, -0.2) is 0 Å². The van der Waals surface area contributed by atoms with Crippen LogP contribution in [0.4, 0.5) is 0 Å². The van der Waals surface area contributed by atoms with Crippen LogP contribution in [0.5, 0.6) is 0 Å². The molecule has 114 valence electrons. The van der Waals surface area contributed by atoms with Crippen LogP contribution in [-0.4, -0.2) is 23.4 Å². The average Bonchev–Trinajstić information content (AvgIpc) is 2.83. The van der Waals surface area contributed by atoms with Crippen molar-refractivity contribution < 1.29 is 0 Å². The van der Waals surface area contributed by atoms with Crippen molar-refractivity contribution in [3.63, 3.8) is 0 Å². The zero-order valence-corrected chi connectivity index (χ0v) is 13.8. The molecule has 2 aromatic rings. The number of benzene rings is 1. The van der Waals surface area contributed by atoms with Crippen molar-refractivity contribution in [2.75, 3.05) is 13.6 Å². The lowest BCUT2D eigenvalue weighted by Crippen LogP contribution is -2.20. The Balaban J connectivity index is 2.31. The quantitative estimate of drug-likeness (QED) is 0.846. The molecular weight excluding hydrogens is 282 g/mol. The molecule has 1 N–H and O–H groups in total. The minimum absolute atomic E-state index is 0.403. The number of likely N-dealkylation sites (N-methyl/N-ethyl adjacent to an activating group) is 1. The van der Waals surface area contributed by atoms with Gasteiger partial charge in [0.05, 0.1) is 16.4 Å². The standard InChI is InChI=1S/C17H24ClN3/c1-4-15-17(18)16(21(5-2)20-15)11-14(12-19-3)13-9-7-6-8-10-13/h6-10,14,19H,4-5,11-12H2,1-3H3. The van der Waals surface area contributed by atoms with Crippen LogP contribution in [0.1, 0.15) is 36.7 Å². The number of hydrogen-bond acceptors (Lipinski definition) is 2. The van der Waals surface area contributed by atoms with E-state index in [2.05, 4.69) is 54.6 Å². The fourth-order valence-electron chi connectivity index (χ4n) is 2.73. The van der Waals surface area contributed by atoms with Gasteiger partial charge in [0.2, 0.25) is 0 Å². The number of rotatable bonds is 7. The minimum Gasteiger partial charge on any atom is -0.319 e. The first-order valence-corrected chi connectivity index (χ1v) is 8.02. The minimum atomic E-state index is 0.403. The van der Waals surface area contributed by atoms with Crippen molar-refractivity contribution in [2.24, 2.45) is 0 Å². The molecular formula is C17H24ClN3. The Hall–Kier alpha value is -1.32. The van der Waals surface area contributed by atoms with E-state index in [4.69, 9.17) is 11.6 Å². The molecule has 0 spiro atoms. The van der Waals surface area contributed by atoms with Gasteiger partial charge in [-0.05, 0) is 32.4 Å². The van der Waals surface area contributed by atoms with Gasteiger partial charge in [0.15, 0.2) is 0 Å². The predicted octanol–water partition coefficient (Wildman–Crippen LogP) is 3.66. The first-order chi connectivity index (χ1) is 10.2. The highest BCUT2D eigenvalue weighted by Gasteiger charge is 2.19. The molecule has 2 rings (SSSR count). The fraction of sp³-hybridized carbons (Fsp3) is 0.471. The molecule has 0 aliphatic rings. The number of nitrogens with one attached hydrogen (secondary N) is 1. The van der Waals surface area contributed by atoms with Crippen molar-refractivity contribution in [2.45, 2.75) is 39.2 Å². The Labute approximate surface area is 132 Å². The molecule has 0 bridgehead atoms. The van der Waals surface area contributed by atoms with E-state index in [0.717, 1.165) is 42.3 Å². The first kappa shape index (κ1) is 16.1. The molecule has 1 heterocycles. The van der Waals surface area contributed by atoms with Crippen LogP contribution in [-0.2, 0) is 19.4 Å². The Bertz CT molecular complexity index is 563. The number of hydrogen-bond donors (Lipinski definition) is 1. The summed E-state index contributed by atoms with van der Waals surface area (Å²) in [6, 6.07) is 10.6. The maximum Gasteiger partial charge on any atom is 0.0850 e. The van der Waals surface area contributed by atoms with Gasteiger partial charge >= 0.3 is 0 Å². The SMILES string of the molecule is CCc1nn(CC)c(CC(CNC)c2ccccc2)c1Cl. The first-order valence-electron chi connectivity index (χ1n) is 7.64. The van der Waals surface area contributed by atoms with Gasteiger partial charge in [-0.2, -0.15) is 5.10 Å². The van der Waals surface area contributed by atoms with E-state index < -0.39 is 0 Å². The van der Waals surface area contributed by atoms with Crippen LogP contribution in [0.25, 0.3) is 0 Å². The summed E-state index contributed by atoms with van der Waals surface area (Å²) in [6.07, 6.45) is 1.78. The van der Waals surface area contributed by atoms with Crippen molar-refractivity contribution >= 4 is 11.6 Å². The third-order valence-electron chi connectivity index (χ3n) is 3.86. The smallest absolute Gasteiger partial charge is 0.0850 e. The number of aromatic nitrogens is 2. The molecule has 0 saturated carbocycles. The summed E-state index contributed by atoms with van der Waals surface area (Å²) < 4.78 is 2.05. The molecule has 1 unspecified atom stereocenters. The molecule has 1 atom stereocenters. The second-order valence-electron chi connectivity index (χ2n) is 5.25. The monoisotopic (exact) mass is 305 g/mol. The molecule has 4 heteroatoms. The molecule has 1 aromatic carbocycles. The molecule has 0 aliphatic carbocycles. The van der Waals surface area contributed by atoms with Crippen molar-refractivity contribution in [1.29, 1.82) is 0 Å². The highest BCUT2D eigenvalue weighted by molar-refractivity contribution is 6.31. The summed E-state index contributed by atoms with van der Waals surface area (Å²) in [7, 11) is 1.99. The summed E-state index contributed by atoms with van der Waals surface area (Å²) in [5.74, 6) is 0.403. The van der Waals surface area contributed by atoms with E-state index in [1.54, 1.807) is 0 Å². The highest BCUT2D eigenvalue weighted by atomic mass is 35.5. The zero-order valence-electron chi connectivity index (χ0n) is 13.1. The van der Waals surface area contributed by atoms with E-state index >= 15 is 0 Å². The lowest BCUT2D eigenvalue weighted by atomic mass is 9.94. The normalized spacial score (nSPS) is 12.6. The Morgan fingerprint density at radius 2 is 1.95 bits per heavy atom. The summed E-state index contributed by atoms with van der Waals surface area (Å²) in [6.45, 7) is 5.99. The average molecular weight is 306 g/mol. The van der Waals surface area contributed by atoms with Crippen molar-refractivity contribution in [3.8, 4) is 0 Å². The summed E-state index contributed by atoms with van der Waals surface area (Å²) in [5.41, 5.74) is 3.50. The van der Waals surface area contributed by atoms with Crippen LogP contribution < -0.4 is 5.32 Å². The summed E-state index contributed by atoms with van der Waals surface area (Å²) in [4.78, 5) is 0. The van der Waals surface area contributed by atoms with Gasteiger partial charge < -0.3 is 5.32 Å². The topological polar surface area (TPSA) is 29.9 Å². The maximum absolute atomic E-state index is 6.54. The number of aryl methyl sites for hydroxylation is 2. The van der Waals surface area contributed by atoms with Gasteiger partial charge in [-0.3, -0.25) is 4.68 Å². The fourth-order valence-corrected chi connectivity index (χ4v) is 3.07. The third-order valence-corrected chi connectivity index (χ3v) is 4.29. The molecule has 0 amide bonds. The third kappa shape index (κ3) is 3.66. The molecule has 0 aliphatic heterocycles. The lowest BCUT2D eigenvalue weighted by molar-refractivity contribution is 0.562. The summed E-state index contributed by atoms with van der Waals surface area (Å²) >= 11 is 6.54. The highest BCUT2D eigenvalue weighted by Crippen LogP contribution is 2.27. The largest absolute Gasteiger partial charge is 0.319 e. The lowest BCUT2D eigenvalue weighted by Gasteiger charge is -2.18. The van der Waals surface area contributed by atoms with Gasteiger partial charge in [0, 0.05) is 19.0 Å². The van der Waals surface area contributed by atoms with E-state index in [1.807, 2.05) is 11.7 Å². The molecule has 0 fully saturated rings. The van der Waals surface area contributed by atoms with Crippen molar-refractivity contribution in [1.82, 2.24) is 15.1 Å². The van der Waals surface area contributed by atoms with Gasteiger partial charge in [0.25, 0.3) is 0 Å². The molecule has 0 saturated heterocycles. The second-order valence-corrected chi connectivity index (χ2v) is 5.62. The summed E-state index contributed by atoms with van der Waals surface area (Å²) in [5, 5.41) is 8.75. The molecule has 1 aromatic heterocycles. The van der Waals surface area contributed by atoms with Crippen LogP contribution in [0.3, 0.4) is 0 Å². The molecule has 21 heavy (non-hydrogen) atoms. The number of halogens is 1. The molecule has 3 nitrogen and oxygen atoms in total. The van der Waals surface area contributed by atoms with Gasteiger partial charge in [-0.1, -0.05) is 48.9 Å². The Morgan fingerprint density at radius 1 is 1.24 bits per heavy atom. The van der Waals surface area contributed by atoms with Crippen LogP contribution in [0.2, 0.25) is 5.02 Å². The second kappa shape index (κ2) is 7.62. The van der Waals surface area contributed by atoms with E-state index in [0.29, 0.717) is 5.92 Å². The number of nitrogens with zero attached hydrogens (tertiary/aromatic N) is 2. The van der Waals surface area contributed by atoms with E-state index in [1.165, 1.54) is 5.56 Å². The van der Waals surface area contributed by atoms with E-state index in [9.17, 15) is 0 Å². The van der Waals surface area contributed by atoms with Gasteiger partial charge in [-0.15, -0.1) is 0 Å². The molecule has 0 radical (unpaired) electrons. The van der Waals surface area contributed by atoms with Crippen LogP contribution >= 0.6 is 11.6 Å². The van der Waals surface area contributed by atoms with Gasteiger partial charge in [0.1, 0.15) is 0 Å². The Morgan fingerprint density at radius 3 is 2.52 bits per heavy atom. The predicted molar refractivity (Wildman–Crippen MR) is 89.1 cm³/mol.